The zero-order chi connectivity index (χ0) is 21.8. The fraction of sp³-hybridized carbons (Fsp3) is 0.143. The number of hydrogen-bond donors (Lipinski definition) is 1. The molecule has 3 aromatic heterocycles. The summed E-state index contributed by atoms with van der Waals surface area (Å²) in [6, 6.07) is 8.37. The Kier molecular flexibility index (Phi) is 5.89. The van der Waals surface area contributed by atoms with Crippen molar-refractivity contribution in [3.63, 3.8) is 0 Å². The first kappa shape index (κ1) is 20.5. The van der Waals surface area contributed by atoms with E-state index in [0.29, 0.717) is 45.6 Å². The number of esters is 1. The Morgan fingerprint density at radius 1 is 1.26 bits per heavy atom. The summed E-state index contributed by atoms with van der Waals surface area (Å²) in [6.45, 7) is 4.33. The van der Waals surface area contributed by atoms with Crippen LogP contribution in [0.3, 0.4) is 0 Å². The van der Waals surface area contributed by atoms with Crippen molar-refractivity contribution in [2.24, 2.45) is 0 Å². The van der Waals surface area contributed by atoms with Gasteiger partial charge >= 0.3 is 5.97 Å². The maximum absolute atomic E-state index is 12.4. The number of nitrogens with one attached hydrogen (secondary N) is 1. The summed E-state index contributed by atoms with van der Waals surface area (Å²) >= 11 is 1.39. The van der Waals surface area contributed by atoms with Crippen LogP contribution in [-0.4, -0.2) is 42.8 Å². The Morgan fingerprint density at radius 2 is 2.06 bits per heavy atom. The highest BCUT2D eigenvalue weighted by Gasteiger charge is 2.15. The minimum Gasteiger partial charge on any atom is -0.465 e. The Bertz CT molecular complexity index is 1320. The van der Waals surface area contributed by atoms with Gasteiger partial charge < -0.3 is 9.72 Å². The molecule has 0 aliphatic carbocycles. The molecule has 1 aromatic carbocycles. The lowest BCUT2D eigenvalue weighted by Gasteiger charge is -2.08. The molecule has 3 heterocycles. The maximum atomic E-state index is 12.4. The Hall–Kier alpha value is -3.79. The molecule has 0 aliphatic heterocycles. The standard InChI is InChI=1S/C21H18N6O3S/c1-3-10-27-18(13-6-8-22-9-7-13)25-26-21(27)31-12-17-23-16-11-14(20(29)30-2)4-5-15(16)19(28)24-17/h3-9,11H,1,10,12H2,2H3,(H,23,24,28). The lowest BCUT2D eigenvalue weighted by Crippen LogP contribution is -2.12. The number of benzene rings is 1. The maximum Gasteiger partial charge on any atom is 0.337 e. The van der Waals surface area contributed by atoms with Gasteiger partial charge in [0.25, 0.3) is 5.56 Å². The van der Waals surface area contributed by atoms with E-state index in [2.05, 4.69) is 31.7 Å². The average Bonchev–Trinajstić information content (AvgIpc) is 3.20. The van der Waals surface area contributed by atoms with Crippen molar-refractivity contribution < 1.29 is 9.53 Å². The zero-order valence-corrected chi connectivity index (χ0v) is 17.4. The molecular weight excluding hydrogens is 416 g/mol. The third kappa shape index (κ3) is 4.24. The van der Waals surface area contributed by atoms with Gasteiger partial charge in [0.2, 0.25) is 0 Å². The molecule has 10 heteroatoms. The molecule has 0 saturated heterocycles. The molecule has 0 radical (unpaired) electrons. The molecule has 0 aliphatic rings. The molecule has 31 heavy (non-hydrogen) atoms. The molecule has 0 unspecified atom stereocenters. The summed E-state index contributed by atoms with van der Waals surface area (Å²) < 4.78 is 6.67. The minimum absolute atomic E-state index is 0.276. The topological polar surface area (TPSA) is 116 Å². The van der Waals surface area contributed by atoms with Gasteiger partial charge in [0.05, 0.1) is 29.3 Å². The minimum atomic E-state index is -0.485. The van der Waals surface area contributed by atoms with Gasteiger partial charge in [-0.15, -0.1) is 16.8 Å². The van der Waals surface area contributed by atoms with E-state index in [4.69, 9.17) is 4.74 Å². The van der Waals surface area contributed by atoms with Crippen molar-refractivity contribution in [1.29, 1.82) is 0 Å². The number of pyridine rings is 1. The lowest BCUT2D eigenvalue weighted by molar-refractivity contribution is 0.0601. The Morgan fingerprint density at radius 3 is 2.81 bits per heavy atom. The molecule has 0 fully saturated rings. The summed E-state index contributed by atoms with van der Waals surface area (Å²) in [4.78, 5) is 35.5. The van der Waals surface area contributed by atoms with E-state index >= 15 is 0 Å². The smallest absolute Gasteiger partial charge is 0.337 e. The number of carbonyl (C=O) groups excluding carboxylic acids is 1. The number of methoxy groups -OCH3 is 1. The highest BCUT2D eigenvalue weighted by atomic mass is 32.2. The first-order valence-corrected chi connectivity index (χ1v) is 10.3. The van der Waals surface area contributed by atoms with E-state index in [9.17, 15) is 9.59 Å². The number of aromatic amines is 1. The van der Waals surface area contributed by atoms with Crippen LogP contribution < -0.4 is 5.56 Å². The molecule has 0 saturated carbocycles. The van der Waals surface area contributed by atoms with Crippen LogP contribution in [0.1, 0.15) is 16.2 Å². The zero-order valence-electron chi connectivity index (χ0n) is 16.6. The van der Waals surface area contributed by atoms with E-state index in [0.717, 1.165) is 5.56 Å². The number of ether oxygens (including phenoxy) is 1. The summed E-state index contributed by atoms with van der Waals surface area (Å²) in [7, 11) is 1.30. The normalized spacial score (nSPS) is 10.9. The van der Waals surface area contributed by atoms with E-state index in [1.165, 1.54) is 24.9 Å². The van der Waals surface area contributed by atoms with Crippen molar-refractivity contribution in [2.75, 3.05) is 7.11 Å². The monoisotopic (exact) mass is 434 g/mol. The molecule has 4 aromatic rings. The number of rotatable bonds is 7. The van der Waals surface area contributed by atoms with Crippen LogP contribution in [0.5, 0.6) is 0 Å². The SMILES string of the molecule is C=CCn1c(SCc2nc3cc(C(=O)OC)ccc3c(=O)[nH]2)nnc1-c1ccncc1. The van der Waals surface area contributed by atoms with Gasteiger partial charge in [0.15, 0.2) is 11.0 Å². The van der Waals surface area contributed by atoms with Gasteiger partial charge in [-0.2, -0.15) is 0 Å². The second kappa shape index (κ2) is 8.92. The van der Waals surface area contributed by atoms with Crippen molar-refractivity contribution in [1.82, 2.24) is 29.7 Å². The van der Waals surface area contributed by atoms with Crippen LogP contribution in [0.4, 0.5) is 0 Å². The largest absolute Gasteiger partial charge is 0.465 e. The van der Waals surface area contributed by atoms with Crippen molar-refractivity contribution in [2.45, 2.75) is 17.5 Å². The number of thioether (sulfide) groups is 1. The first-order valence-electron chi connectivity index (χ1n) is 9.29. The highest BCUT2D eigenvalue weighted by Crippen LogP contribution is 2.25. The van der Waals surface area contributed by atoms with Crippen LogP contribution in [0, 0.1) is 0 Å². The predicted octanol–water partition coefficient (Wildman–Crippen LogP) is 2.84. The quantitative estimate of drug-likeness (QED) is 0.268. The second-order valence-corrected chi connectivity index (χ2v) is 7.41. The molecule has 4 rings (SSSR count). The van der Waals surface area contributed by atoms with Crippen molar-refractivity contribution >= 4 is 28.6 Å². The molecule has 0 bridgehead atoms. The number of fused-ring (bicyclic) bond motifs is 1. The van der Waals surface area contributed by atoms with Crippen LogP contribution >= 0.6 is 11.8 Å². The fourth-order valence-corrected chi connectivity index (χ4v) is 3.86. The molecule has 1 N–H and O–H groups in total. The number of allylic oxidation sites excluding steroid dienone is 1. The van der Waals surface area contributed by atoms with Gasteiger partial charge in [-0.1, -0.05) is 17.8 Å². The third-order valence-corrected chi connectivity index (χ3v) is 5.46. The average molecular weight is 434 g/mol. The number of aromatic nitrogens is 6. The molecule has 0 spiro atoms. The summed E-state index contributed by atoms with van der Waals surface area (Å²) in [6.07, 6.45) is 5.16. The van der Waals surface area contributed by atoms with E-state index < -0.39 is 5.97 Å². The number of hydrogen-bond acceptors (Lipinski definition) is 8. The first-order chi connectivity index (χ1) is 15.1. The summed E-state index contributed by atoms with van der Waals surface area (Å²) in [5, 5.41) is 9.65. The molecule has 0 atom stereocenters. The van der Waals surface area contributed by atoms with E-state index in [-0.39, 0.29) is 5.56 Å². The van der Waals surface area contributed by atoms with Crippen LogP contribution in [0.15, 0.2) is 65.3 Å². The molecule has 9 nitrogen and oxygen atoms in total. The Labute approximate surface area is 181 Å². The molecular formula is C21H18N6O3S. The van der Waals surface area contributed by atoms with Crippen molar-refractivity contribution in [3.8, 4) is 11.4 Å². The fourth-order valence-electron chi connectivity index (χ4n) is 3.04. The predicted molar refractivity (Wildman–Crippen MR) is 117 cm³/mol. The Balaban J connectivity index is 1.63. The van der Waals surface area contributed by atoms with Gasteiger partial charge in [-0.05, 0) is 30.3 Å². The van der Waals surface area contributed by atoms with Gasteiger partial charge in [-0.25, -0.2) is 9.78 Å². The van der Waals surface area contributed by atoms with Gasteiger partial charge in [-0.3, -0.25) is 14.3 Å². The molecule has 156 valence electrons. The summed E-state index contributed by atoms with van der Waals surface area (Å²) in [5.74, 6) is 1.04. The third-order valence-electron chi connectivity index (χ3n) is 4.48. The highest BCUT2D eigenvalue weighted by molar-refractivity contribution is 7.98. The van der Waals surface area contributed by atoms with E-state index in [1.807, 2.05) is 16.7 Å². The van der Waals surface area contributed by atoms with Crippen molar-refractivity contribution in [3.05, 3.63) is 77.1 Å². The van der Waals surface area contributed by atoms with Crippen LogP contribution in [0.2, 0.25) is 0 Å². The van der Waals surface area contributed by atoms with Crippen LogP contribution in [-0.2, 0) is 17.0 Å². The summed E-state index contributed by atoms with van der Waals surface area (Å²) in [5.41, 5.74) is 1.37. The second-order valence-electron chi connectivity index (χ2n) is 6.47. The number of carbonyl (C=O) groups is 1. The van der Waals surface area contributed by atoms with Gasteiger partial charge in [0, 0.05) is 24.5 Å². The van der Waals surface area contributed by atoms with Crippen LogP contribution in [0.25, 0.3) is 22.3 Å². The molecule has 0 amide bonds. The lowest BCUT2D eigenvalue weighted by atomic mass is 10.1. The number of nitrogens with zero attached hydrogens (tertiary/aromatic N) is 5. The van der Waals surface area contributed by atoms with E-state index in [1.54, 1.807) is 30.6 Å². The van der Waals surface area contributed by atoms with Gasteiger partial charge in [0.1, 0.15) is 5.82 Å². The number of H-pyrrole nitrogens is 1.